The fourth-order valence-corrected chi connectivity index (χ4v) is 2.29. The summed E-state index contributed by atoms with van der Waals surface area (Å²) in [5.74, 6) is 0.634. The molecule has 1 unspecified atom stereocenters. The molecule has 0 aliphatic carbocycles. The van der Waals surface area contributed by atoms with E-state index in [1.54, 1.807) is 0 Å². The highest BCUT2D eigenvalue weighted by Gasteiger charge is 2.13. The van der Waals surface area contributed by atoms with Crippen LogP contribution in [0.15, 0.2) is 24.3 Å². The summed E-state index contributed by atoms with van der Waals surface area (Å²) in [6, 6.07) is 8.05. The molecule has 0 saturated carbocycles. The van der Waals surface area contributed by atoms with Gasteiger partial charge in [-0.1, -0.05) is 32.0 Å². The van der Waals surface area contributed by atoms with Crippen molar-refractivity contribution < 1.29 is 4.79 Å². The Morgan fingerprint density at radius 3 is 2.53 bits per heavy atom. The standard InChI is InChI=1S/C16H26N2O/c1-12(2)11-13(3)18-16(19)15-8-6-5-7-14(15)9-10-17-4/h5-8,12-13,17H,9-11H2,1-4H3,(H,18,19). The van der Waals surface area contributed by atoms with Gasteiger partial charge in [0, 0.05) is 11.6 Å². The van der Waals surface area contributed by atoms with Crippen LogP contribution in [-0.4, -0.2) is 25.5 Å². The van der Waals surface area contributed by atoms with E-state index >= 15 is 0 Å². The second kappa shape index (κ2) is 7.95. The third-order valence-electron chi connectivity index (χ3n) is 3.11. The first-order chi connectivity index (χ1) is 9.04. The quantitative estimate of drug-likeness (QED) is 0.793. The van der Waals surface area contributed by atoms with Crippen LogP contribution in [0, 0.1) is 5.92 Å². The number of benzene rings is 1. The summed E-state index contributed by atoms with van der Waals surface area (Å²) in [6.07, 6.45) is 1.88. The van der Waals surface area contributed by atoms with Gasteiger partial charge in [0.05, 0.1) is 0 Å². The Morgan fingerprint density at radius 1 is 1.21 bits per heavy atom. The molecule has 0 bridgehead atoms. The number of carbonyl (C=O) groups excluding carboxylic acids is 1. The van der Waals surface area contributed by atoms with Gasteiger partial charge in [-0.2, -0.15) is 0 Å². The molecule has 1 amide bonds. The topological polar surface area (TPSA) is 41.1 Å². The number of hydrogen-bond acceptors (Lipinski definition) is 2. The lowest BCUT2D eigenvalue weighted by atomic mass is 10.0. The number of nitrogens with one attached hydrogen (secondary N) is 2. The highest BCUT2D eigenvalue weighted by Crippen LogP contribution is 2.11. The zero-order valence-electron chi connectivity index (χ0n) is 12.5. The van der Waals surface area contributed by atoms with E-state index in [2.05, 4.69) is 31.4 Å². The number of rotatable bonds is 7. The number of likely N-dealkylation sites (N-methyl/N-ethyl adjacent to an activating group) is 1. The van der Waals surface area contributed by atoms with Gasteiger partial charge >= 0.3 is 0 Å². The Labute approximate surface area is 116 Å². The zero-order chi connectivity index (χ0) is 14.3. The van der Waals surface area contributed by atoms with Gasteiger partial charge in [0.1, 0.15) is 0 Å². The van der Waals surface area contributed by atoms with E-state index in [1.807, 2.05) is 31.3 Å². The second-order valence-electron chi connectivity index (χ2n) is 5.51. The molecule has 1 rings (SSSR count). The molecule has 106 valence electrons. The molecule has 0 saturated heterocycles. The van der Waals surface area contributed by atoms with Crippen LogP contribution in [-0.2, 0) is 6.42 Å². The predicted molar refractivity (Wildman–Crippen MR) is 80.5 cm³/mol. The molecule has 0 fully saturated rings. The minimum absolute atomic E-state index is 0.0415. The van der Waals surface area contributed by atoms with Crippen molar-refractivity contribution in [1.82, 2.24) is 10.6 Å². The van der Waals surface area contributed by atoms with Crippen molar-refractivity contribution in [1.29, 1.82) is 0 Å². The average Bonchev–Trinajstić information content (AvgIpc) is 2.35. The highest BCUT2D eigenvalue weighted by molar-refractivity contribution is 5.95. The van der Waals surface area contributed by atoms with E-state index in [0.29, 0.717) is 5.92 Å². The summed E-state index contributed by atoms with van der Waals surface area (Å²) >= 11 is 0. The SMILES string of the molecule is CNCCc1ccccc1C(=O)NC(C)CC(C)C. The van der Waals surface area contributed by atoms with Crippen molar-refractivity contribution in [2.45, 2.75) is 39.7 Å². The maximum Gasteiger partial charge on any atom is 0.251 e. The molecule has 1 aromatic carbocycles. The Kier molecular flexibility index (Phi) is 6.57. The van der Waals surface area contributed by atoms with Crippen molar-refractivity contribution >= 4 is 5.91 Å². The molecule has 1 atom stereocenters. The van der Waals surface area contributed by atoms with Gasteiger partial charge in [-0.3, -0.25) is 4.79 Å². The van der Waals surface area contributed by atoms with Crippen molar-refractivity contribution in [2.24, 2.45) is 5.92 Å². The molecule has 0 radical (unpaired) electrons. The molecule has 2 N–H and O–H groups in total. The number of carbonyl (C=O) groups is 1. The molecule has 0 heterocycles. The van der Waals surface area contributed by atoms with Crippen molar-refractivity contribution in [3.8, 4) is 0 Å². The predicted octanol–water partition coefficient (Wildman–Crippen LogP) is 2.61. The molecule has 0 aliphatic heterocycles. The molecule has 1 aromatic rings. The molecular weight excluding hydrogens is 236 g/mol. The van der Waals surface area contributed by atoms with Gasteiger partial charge in [-0.05, 0) is 50.9 Å². The number of hydrogen-bond donors (Lipinski definition) is 2. The third-order valence-corrected chi connectivity index (χ3v) is 3.11. The van der Waals surface area contributed by atoms with Crippen LogP contribution < -0.4 is 10.6 Å². The molecule has 3 heteroatoms. The Morgan fingerprint density at radius 2 is 1.89 bits per heavy atom. The van der Waals surface area contributed by atoms with E-state index in [9.17, 15) is 4.79 Å². The fraction of sp³-hybridized carbons (Fsp3) is 0.562. The van der Waals surface area contributed by atoms with Crippen LogP contribution in [0.1, 0.15) is 43.1 Å². The average molecular weight is 262 g/mol. The molecular formula is C16H26N2O. The fourth-order valence-electron chi connectivity index (χ4n) is 2.29. The van der Waals surface area contributed by atoms with Crippen LogP contribution in [0.25, 0.3) is 0 Å². The Bertz CT molecular complexity index is 401. The molecule has 3 nitrogen and oxygen atoms in total. The second-order valence-corrected chi connectivity index (χ2v) is 5.51. The van der Waals surface area contributed by atoms with Crippen molar-refractivity contribution in [3.05, 3.63) is 35.4 Å². The third kappa shape index (κ3) is 5.43. The first-order valence-electron chi connectivity index (χ1n) is 7.08. The summed E-state index contributed by atoms with van der Waals surface area (Å²) in [5, 5.41) is 6.20. The normalized spacial score (nSPS) is 12.5. The molecule has 0 aromatic heterocycles. The highest BCUT2D eigenvalue weighted by atomic mass is 16.1. The van der Waals surface area contributed by atoms with Gasteiger partial charge in [0.2, 0.25) is 0 Å². The van der Waals surface area contributed by atoms with E-state index in [-0.39, 0.29) is 11.9 Å². The molecule has 0 spiro atoms. The lowest BCUT2D eigenvalue weighted by molar-refractivity contribution is 0.0935. The van der Waals surface area contributed by atoms with E-state index in [4.69, 9.17) is 0 Å². The minimum Gasteiger partial charge on any atom is -0.350 e. The number of amides is 1. The largest absolute Gasteiger partial charge is 0.350 e. The van der Waals surface area contributed by atoms with Crippen LogP contribution >= 0.6 is 0 Å². The monoisotopic (exact) mass is 262 g/mol. The van der Waals surface area contributed by atoms with Gasteiger partial charge in [-0.25, -0.2) is 0 Å². The van der Waals surface area contributed by atoms with Gasteiger partial charge in [-0.15, -0.1) is 0 Å². The van der Waals surface area contributed by atoms with E-state index < -0.39 is 0 Å². The first kappa shape index (κ1) is 15.7. The summed E-state index contributed by atoms with van der Waals surface area (Å²) in [6.45, 7) is 7.28. The van der Waals surface area contributed by atoms with Crippen LogP contribution in [0.4, 0.5) is 0 Å². The zero-order valence-corrected chi connectivity index (χ0v) is 12.5. The Hall–Kier alpha value is -1.35. The van der Waals surface area contributed by atoms with Crippen LogP contribution in [0.3, 0.4) is 0 Å². The maximum absolute atomic E-state index is 12.3. The van der Waals surface area contributed by atoms with Crippen molar-refractivity contribution in [3.63, 3.8) is 0 Å². The van der Waals surface area contributed by atoms with Crippen molar-refractivity contribution in [2.75, 3.05) is 13.6 Å². The smallest absolute Gasteiger partial charge is 0.251 e. The summed E-state index contributed by atoms with van der Waals surface area (Å²) in [7, 11) is 1.92. The van der Waals surface area contributed by atoms with E-state index in [1.165, 1.54) is 0 Å². The van der Waals surface area contributed by atoms with Gasteiger partial charge in [0.15, 0.2) is 0 Å². The van der Waals surface area contributed by atoms with Gasteiger partial charge in [0.25, 0.3) is 5.91 Å². The van der Waals surface area contributed by atoms with Gasteiger partial charge < -0.3 is 10.6 Å². The first-order valence-corrected chi connectivity index (χ1v) is 7.08. The summed E-state index contributed by atoms with van der Waals surface area (Å²) in [5.41, 5.74) is 1.90. The maximum atomic E-state index is 12.3. The summed E-state index contributed by atoms with van der Waals surface area (Å²) < 4.78 is 0. The van der Waals surface area contributed by atoms with Crippen LogP contribution in [0.2, 0.25) is 0 Å². The van der Waals surface area contributed by atoms with E-state index in [0.717, 1.165) is 30.5 Å². The lowest BCUT2D eigenvalue weighted by Gasteiger charge is -2.17. The summed E-state index contributed by atoms with van der Waals surface area (Å²) in [4.78, 5) is 12.3. The van der Waals surface area contributed by atoms with Crippen LogP contribution in [0.5, 0.6) is 0 Å². The minimum atomic E-state index is 0.0415. The molecule has 19 heavy (non-hydrogen) atoms. The lowest BCUT2D eigenvalue weighted by Crippen LogP contribution is -2.34. The molecule has 0 aliphatic rings. The Balaban J connectivity index is 2.70.